The minimum Gasteiger partial charge on any atom is -0.312 e. The molecule has 3 rings (SSSR count). The van der Waals surface area contributed by atoms with Gasteiger partial charge in [-0.2, -0.15) is 0 Å². The van der Waals surface area contributed by atoms with Gasteiger partial charge < -0.3 is 4.98 Å². The maximum atomic E-state index is 12.4. The number of H-pyrrole nitrogens is 1. The lowest BCUT2D eigenvalue weighted by atomic mass is 10.2. The predicted molar refractivity (Wildman–Crippen MR) is 104 cm³/mol. The van der Waals surface area contributed by atoms with Crippen molar-refractivity contribution < 1.29 is 8.42 Å². The van der Waals surface area contributed by atoms with Gasteiger partial charge in [-0.3, -0.25) is 9.29 Å². The third-order valence-electron chi connectivity index (χ3n) is 3.67. The Kier molecular flexibility index (Phi) is 5.01. The summed E-state index contributed by atoms with van der Waals surface area (Å²) in [5.74, 6) is 0. The fourth-order valence-electron chi connectivity index (χ4n) is 2.44. The number of hydrogen-bond donors (Lipinski definition) is 2. The van der Waals surface area contributed by atoms with Gasteiger partial charge >= 0.3 is 5.69 Å². The molecule has 0 amide bonds. The van der Waals surface area contributed by atoms with Gasteiger partial charge in [0.05, 0.1) is 16.8 Å². The quantitative estimate of drug-likeness (QED) is 0.700. The van der Waals surface area contributed by atoms with Gasteiger partial charge in [-0.1, -0.05) is 35.9 Å². The predicted octanol–water partition coefficient (Wildman–Crippen LogP) is 3.54. The van der Waals surface area contributed by atoms with Crippen LogP contribution in [0.3, 0.4) is 0 Å². The Labute approximate surface area is 155 Å². The zero-order chi connectivity index (χ0) is 18.7. The van der Waals surface area contributed by atoms with Crippen LogP contribution in [-0.2, 0) is 10.0 Å². The molecule has 0 saturated heterocycles. The number of sulfonamides is 1. The van der Waals surface area contributed by atoms with Crippen LogP contribution in [0.2, 0.25) is 5.02 Å². The van der Waals surface area contributed by atoms with Crippen LogP contribution >= 0.6 is 11.6 Å². The first kappa shape index (κ1) is 18.0. The van der Waals surface area contributed by atoms with Crippen molar-refractivity contribution in [2.24, 2.45) is 0 Å². The first-order valence-electron chi connectivity index (χ1n) is 7.69. The normalized spacial score (nSPS) is 11.8. The van der Waals surface area contributed by atoms with Gasteiger partial charge in [-0.25, -0.2) is 13.2 Å². The summed E-state index contributed by atoms with van der Waals surface area (Å²) in [5.41, 5.74) is 1.77. The number of anilines is 1. The number of nitrogens with one attached hydrogen (secondary N) is 2. The van der Waals surface area contributed by atoms with Gasteiger partial charge in [0.15, 0.2) is 0 Å². The van der Waals surface area contributed by atoms with Crippen molar-refractivity contribution in [2.45, 2.75) is 6.92 Å². The molecule has 0 spiro atoms. The number of aryl methyl sites for hydroxylation is 1. The van der Waals surface area contributed by atoms with Crippen molar-refractivity contribution in [3.63, 3.8) is 0 Å². The van der Waals surface area contributed by atoms with E-state index in [-0.39, 0.29) is 5.69 Å². The number of halogens is 1. The van der Waals surface area contributed by atoms with E-state index in [1.54, 1.807) is 61.7 Å². The largest absolute Gasteiger partial charge is 0.330 e. The first-order valence-corrected chi connectivity index (χ1v) is 9.61. The number of para-hydroxylation sites is 2. The fourth-order valence-corrected chi connectivity index (χ4v) is 3.45. The zero-order valence-electron chi connectivity index (χ0n) is 13.8. The van der Waals surface area contributed by atoms with Gasteiger partial charge in [0.1, 0.15) is 0 Å². The highest BCUT2D eigenvalue weighted by atomic mass is 35.5. The Morgan fingerprint density at radius 1 is 1.12 bits per heavy atom. The molecular formula is C18H16ClN3O3S. The minimum absolute atomic E-state index is 0.304. The number of benzene rings is 2. The van der Waals surface area contributed by atoms with Crippen LogP contribution in [-0.4, -0.2) is 18.0 Å². The zero-order valence-corrected chi connectivity index (χ0v) is 15.4. The molecule has 2 aromatic carbocycles. The highest BCUT2D eigenvalue weighted by Gasteiger charge is 2.13. The summed E-state index contributed by atoms with van der Waals surface area (Å²) < 4.78 is 28.7. The number of aromatic amines is 1. The van der Waals surface area contributed by atoms with E-state index in [4.69, 9.17) is 11.6 Å². The Hall–Kier alpha value is -2.77. The highest BCUT2D eigenvalue weighted by molar-refractivity contribution is 7.95. The lowest BCUT2D eigenvalue weighted by molar-refractivity contribution is 0.609. The number of rotatable bonds is 5. The molecule has 0 saturated carbocycles. The average molecular weight is 390 g/mol. The van der Waals surface area contributed by atoms with Crippen molar-refractivity contribution in [1.82, 2.24) is 9.55 Å². The molecule has 1 aromatic heterocycles. The van der Waals surface area contributed by atoms with Crippen LogP contribution < -0.4 is 10.4 Å². The summed E-state index contributed by atoms with van der Waals surface area (Å²) in [7, 11) is -3.77. The van der Waals surface area contributed by atoms with E-state index in [1.807, 2.05) is 0 Å². The number of hydrogen-bond acceptors (Lipinski definition) is 3. The van der Waals surface area contributed by atoms with Crippen LogP contribution in [0.15, 0.2) is 64.9 Å². The molecule has 0 unspecified atom stereocenters. The molecule has 1 heterocycles. The molecule has 0 fully saturated rings. The molecule has 3 aromatic rings. The molecule has 0 aliphatic heterocycles. The lowest BCUT2D eigenvalue weighted by Crippen LogP contribution is -2.19. The lowest BCUT2D eigenvalue weighted by Gasteiger charge is -2.12. The van der Waals surface area contributed by atoms with Crippen LogP contribution in [0.4, 0.5) is 5.69 Å². The molecular weight excluding hydrogens is 374 g/mol. The maximum absolute atomic E-state index is 12.4. The summed E-state index contributed by atoms with van der Waals surface area (Å²) in [6, 6.07) is 13.5. The van der Waals surface area contributed by atoms with Gasteiger partial charge in [-0.05, 0) is 42.8 Å². The SMILES string of the molecule is Cc1c[nH]c(=O)n1-c1ccccc1NS(=O)(=O)/C=C/c1ccc(Cl)cc1. The molecule has 6 nitrogen and oxygen atoms in total. The smallest absolute Gasteiger partial charge is 0.312 e. The molecule has 8 heteroatoms. The first-order chi connectivity index (χ1) is 12.4. The van der Waals surface area contributed by atoms with Gasteiger partial charge in [0.2, 0.25) is 0 Å². The van der Waals surface area contributed by atoms with E-state index in [0.29, 0.717) is 27.7 Å². The summed E-state index contributed by atoms with van der Waals surface area (Å²) in [4.78, 5) is 14.6. The van der Waals surface area contributed by atoms with Gasteiger partial charge in [0, 0.05) is 16.9 Å². The fraction of sp³-hybridized carbons (Fsp3) is 0.0556. The molecule has 26 heavy (non-hydrogen) atoms. The Morgan fingerprint density at radius 2 is 1.81 bits per heavy atom. The Balaban J connectivity index is 1.91. The number of nitrogens with zero attached hydrogens (tertiary/aromatic N) is 1. The molecule has 0 aliphatic carbocycles. The second-order valence-electron chi connectivity index (χ2n) is 5.59. The highest BCUT2D eigenvalue weighted by Crippen LogP contribution is 2.21. The van der Waals surface area contributed by atoms with E-state index < -0.39 is 10.0 Å². The van der Waals surface area contributed by atoms with Crippen molar-refractivity contribution in [3.05, 3.63) is 86.9 Å². The van der Waals surface area contributed by atoms with Crippen molar-refractivity contribution in [2.75, 3.05) is 4.72 Å². The van der Waals surface area contributed by atoms with E-state index in [2.05, 4.69) is 9.71 Å². The maximum Gasteiger partial charge on any atom is 0.330 e. The number of aromatic nitrogens is 2. The third-order valence-corrected chi connectivity index (χ3v) is 4.92. The summed E-state index contributed by atoms with van der Waals surface area (Å²) in [6.45, 7) is 1.75. The van der Waals surface area contributed by atoms with Crippen molar-refractivity contribution in [1.29, 1.82) is 0 Å². The van der Waals surface area contributed by atoms with Gasteiger partial charge in [-0.15, -0.1) is 0 Å². The second kappa shape index (κ2) is 7.23. The van der Waals surface area contributed by atoms with E-state index >= 15 is 0 Å². The molecule has 0 radical (unpaired) electrons. The number of imidazole rings is 1. The molecule has 2 N–H and O–H groups in total. The molecule has 0 aliphatic rings. The van der Waals surface area contributed by atoms with E-state index in [1.165, 1.54) is 10.6 Å². The van der Waals surface area contributed by atoms with Crippen LogP contribution in [0.1, 0.15) is 11.3 Å². The Bertz CT molecular complexity index is 1110. The van der Waals surface area contributed by atoms with Gasteiger partial charge in [0.25, 0.3) is 10.0 Å². The van der Waals surface area contributed by atoms with Crippen LogP contribution in [0.5, 0.6) is 0 Å². The molecule has 0 atom stereocenters. The minimum atomic E-state index is -3.77. The van der Waals surface area contributed by atoms with Crippen molar-refractivity contribution >= 4 is 33.4 Å². The third kappa shape index (κ3) is 4.07. The monoisotopic (exact) mass is 389 g/mol. The van der Waals surface area contributed by atoms with Crippen molar-refractivity contribution in [3.8, 4) is 5.69 Å². The van der Waals surface area contributed by atoms with E-state index in [0.717, 1.165) is 5.41 Å². The Morgan fingerprint density at radius 3 is 2.46 bits per heavy atom. The van der Waals surface area contributed by atoms with Crippen LogP contribution in [0.25, 0.3) is 11.8 Å². The summed E-state index contributed by atoms with van der Waals surface area (Å²) >= 11 is 5.82. The van der Waals surface area contributed by atoms with Crippen LogP contribution in [0, 0.1) is 6.92 Å². The standard InChI is InChI=1S/C18H16ClN3O3S/c1-13-12-20-18(23)22(13)17-5-3-2-4-16(17)21-26(24,25)11-10-14-6-8-15(19)9-7-14/h2-12,21H,1H3,(H,20,23)/b11-10+. The molecule has 0 bridgehead atoms. The summed E-state index contributed by atoms with van der Waals surface area (Å²) in [6.07, 6.45) is 3.03. The second-order valence-corrected chi connectivity index (χ2v) is 7.59. The topological polar surface area (TPSA) is 84.0 Å². The summed E-state index contributed by atoms with van der Waals surface area (Å²) in [5, 5.41) is 1.64. The average Bonchev–Trinajstić information content (AvgIpc) is 2.93. The van der Waals surface area contributed by atoms with E-state index in [9.17, 15) is 13.2 Å². The molecule has 134 valence electrons.